The maximum Gasteiger partial charge on any atom is 0.251 e. The van der Waals surface area contributed by atoms with Crippen LogP contribution in [0.4, 0.5) is 0 Å². The third-order valence-electron chi connectivity index (χ3n) is 1.32. The van der Waals surface area contributed by atoms with Gasteiger partial charge in [0.1, 0.15) is 0 Å². The van der Waals surface area contributed by atoms with E-state index in [2.05, 4.69) is 11.6 Å². The van der Waals surface area contributed by atoms with Gasteiger partial charge in [0, 0.05) is 6.54 Å². The van der Waals surface area contributed by atoms with E-state index in [1.807, 2.05) is 0 Å². The Morgan fingerprint density at radius 2 is 1.83 bits per heavy atom. The van der Waals surface area contributed by atoms with E-state index in [1.54, 1.807) is 0 Å². The molecular weight excluding hydrogens is 237 g/mol. The minimum Gasteiger partial charge on any atom is -0.261 e. The molecule has 0 aromatic rings. The number of rotatable bonds is 6. The highest BCUT2D eigenvalue weighted by molar-refractivity contribution is 8.02. The van der Waals surface area contributed by atoms with E-state index in [1.165, 1.54) is 19.3 Å². The molecule has 0 unspecified atom stereocenters. The van der Waals surface area contributed by atoms with Gasteiger partial charge < -0.3 is 0 Å². The first kappa shape index (κ1) is 13.2. The van der Waals surface area contributed by atoms with Crippen molar-refractivity contribution in [3.8, 4) is 0 Å². The second-order valence-corrected chi connectivity index (χ2v) is 6.56. The summed E-state index contributed by atoms with van der Waals surface area (Å²) in [6.45, 7) is 3.09. The lowest BCUT2D eigenvalue weighted by molar-refractivity contribution is 0.662. The first-order chi connectivity index (χ1) is 5.56. The molecule has 12 heavy (non-hydrogen) atoms. The minimum absolute atomic E-state index is 0.901. The zero-order valence-corrected chi connectivity index (χ0v) is 10.2. The summed E-state index contributed by atoms with van der Waals surface area (Å²) in [7, 11) is 0. The van der Waals surface area contributed by atoms with Crippen LogP contribution in [0, 0.1) is 0 Å². The molecule has 0 aliphatic rings. The van der Waals surface area contributed by atoms with E-state index in [-0.39, 0.29) is 0 Å². The standard InChI is InChI=1S/C7H14Cl3NS/c1-2-3-4-5-6-11-12-7(8,9)10/h11H,2-6H2,1H3. The van der Waals surface area contributed by atoms with Crippen molar-refractivity contribution in [2.75, 3.05) is 6.54 Å². The Labute approximate surface area is 93.6 Å². The molecule has 0 fully saturated rings. The normalized spacial score (nSPS) is 12.0. The van der Waals surface area contributed by atoms with Crippen LogP contribution in [0.25, 0.3) is 0 Å². The van der Waals surface area contributed by atoms with Gasteiger partial charge in [0.25, 0.3) is 3.12 Å². The van der Waals surface area contributed by atoms with Gasteiger partial charge in [-0.25, -0.2) is 0 Å². The van der Waals surface area contributed by atoms with E-state index >= 15 is 0 Å². The van der Waals surface area contributed by atoms with E-state index in [0.29, 0.717) is 0 Å². The Hall–Kier alpha value is 1.18. The van der Waals surface area contributed by atoms with Crippen molar-refractivity contribution in [3.63, 3.8) is 0 Å². The number of unbranched alkanes of at least 4 members (excludes halogenated alkanes) is 3. The molecule has 1 N–H and O–H groups in total. The van der Waals surface area contributed by atoms with Crippen molar-refractivity contribution in [2.45, 2.75) is 35.7 Å². The van der Waals surface area contributed by atoms with Gasteiger partial charge in [0.2, 0.25) is 0 Å². The molecule has 0 radical (unpaired) electrons. The Balaban J connectivity index is 3.01. The number of nitrogens with one attached hydrogen (secondary N) is 1. The van der Waals surface area contributed by atoms with Gasteiger partial charge in [-0.1, -0.05) is 61.0 Å². The van der Waals surface area contributed by atoms with Crippen molar-refractivity contribution in [2.24, 2.45) is 0 Å². The minimum atomic E-state index is -1.23. The van der Waals surface area contributed by atoms with Crippen LogP contribution >= 0.6 is 46.8 Å². The van der Waals surface area contributed by atoms with E-state index < -0.39 is 3.12 Å². The predicted octanol–water partition coefficient (Wildman–Crippen LogP) is 4.13. The molecule has 5 heteroatoms. The zero-order valence-electron chi connectivity index (χ0n) is 7.08. The summed E-state index contributed by atoms with van der Waals surface area (Å²) < 4.78 is 1.77. The Morgan fingerprint density at radius 3 is 2.33 bits per heavy atom. The van der Waals surface area contributed by atoms with Crippen molar-refractivity contribution in [1.82, 2.24) is 4.72 Å². The van der Waals surface area contributed by atoms with Crippen LogP contribution in [0.2, 0.25) is 0 Å². The quantitative estimate of drug-likeness (QED) is 0.432. The fourth-order valence-corrected chi connectivity index (χ4v) is 1.66. The summed E-state index contributed by atoms with van der Waals surface area (Å²) in [6.07, 6.45) is 4.91. The van der Waals surface area contributed by atoms with Crippen LogP contribution in [0.5, 0.6) is 0 Å². The molecule has 0 aliphatic heterocycles. The van der Waals surface area contributed by atoms with Crippen LogP contribution in [0.1, 0.15) is 32.6 Å². The average Bonchev–Trinajstić information content (AvgIpc) is 1.94. The van der Waals surface area contributed by atoms with Gasteiger partial charge in [-0.3, -0.25) is 4.72 Å². The van der Waals surface area contributed by atoms with E-state index in [9.17, 15) is 0 Å². The summed E-state index contributed by atoms with van der Waals surface area (Å²) in [4.78, 5) is 0. The average molecular weight is 251 g/mol. The zero-order chi connectivity index (χ0) is 9.45. The molecule has 0 saturated heterocycles. The fourth-order valence-electron chi connectivity index (χ4n) is 0.757. The topological polar surface area (TPSA) is 12.0 Å². The molecule has 0 aromatic heterocycles. The van der Waals surface area contributed by atoms with Gasteiger partial charge >= 0.3 is 0 Å². The molecule has 0 atom stereocenters. The maximum absolute atomic E-state index is 5.50. The maximum atomic E-state index is 5.50. The van der Waals surface area contributed by atoms with Crippen molar-refractivity contribution in [1.29, 1.82) is 0 Å². The smallest absolute Gasteiger partial charge is 0.251 e. The Kier molecular flexibility index (Phi) is 8.32. The molecule has 0 spiro atoms. The molecule has 74 valence electrons. The highest BCUT2D eigenvalue weighted by Crippen LogP contribution is 2.36. The molecule has 0 bridgehead atoms. The molecular formula is C7H14Cl3NS. The van der Waals surface area contributed by atoms with Gasteiger partial charge in [-0.2, -0.15) is 0 Å². The molecule has 0 aromatic carbocycles. The van der Waals surface area contributed by atoms with Gasteiger partial charge in [-0.05, 0) is 18.4 Å². The molecule has 0 heterocycles. The lowest BCUT2D eigenvalue weighted by atomic mass is 10.2. The van der Waals surface area contributed by atoms with Gasteiger partial charge in [0.05, 0.1) is 0 Å². The molecule has 0 aliphatic carbocycles. The highest BCUT2D eigenvalue weighted by atomic mass is 35.6. The molecule has 0 rings (SSSR count). The fraction of sp³-hybridized carbons (Fsp3) is 1.00. The SMILES string of the molecule is CCCCCCNSC(Cl)(Cl)Cl. The molecule has 1 nitrogen and oxygen atoms in total. The summed E-state index contributed by atoms with van der Waals surface area (Å²) in [6, 6.07) is 0. The van der Waals surface area contributed by atoms with Crippen LogP contribution in [-0.4, -0.2) is 9.67 Å². The number of alkyl halides is 3. The Morgan fingerprint density at radius 1 is 1.17 bits per heavy atom. The van der Waals surface area contributed by atoms with Crippen LogP contribution in [0.3, 0.4) is 0 Å². The third-order valence-corrected chi connectivity index (χ3v) is 2.59. The predicted molar refractivity (Wildman–Crippen MR) is 60.0 cm³/mol. The molecule has 0 saturated carbocycles. The summed E-state index contributed by atoms with van der Waals surface area (Å²) in [5.41, 5.74) is 0. The highest BCUT2D eigenvalue weighted by Gasteiger charge is 2.19. The lowest BCUT2D eigenvalue weighted by Gasteiger charge is -2.10. The van der Waals surface area contributed by atoms with Crippen LogP contribution < -0.4 is 4.72 Å². The largest absolute Gasteiger partial charge is 0.261 e. The lowest BCUT2D eigenvalue weighted by Crippen LogP contribution is -2.11. The van der Waals surface area contributed by atoms with Gasteiger partial charge in [-0.15, -0.1) is 0 Å². The number of halogens is 3. The first-order valence-electron chi connectivity index (χ1n) is 4.04. The number of hydrogen-bond donors (Lipinski definition) is 1. The summed E-state index contributed by atoms with van der Waals surface area (Å²) >= 11 is 17.7. The van der Waals surface area contributed by atoms with E-state index in [4.69, 9.17) is 34.8 Å². The summed E-state index contributed by atoms with van der Waals surface area (Å²) in [5.74, 6) is 0. The van der Waals surface area contributed by atoms with Crippen LogP contribution in [0.15, 0.2) is 0 Å². The van der Waals surface area contributed by atoms with Crippen molar-refractivity contribution in [3.05, 3.63) is 0 Å². The van der Waals surface area contributed by atoms with E-state index in [0.717, 1.165) is 24.9 Å². The van der Waals surface area contributed by atoms with Crippen molar-refractivity contribution < 1.29 is 0 Å². The summed E-state index contributed by atoms with van der Waals surface area (Å²) in [5, 5.41) is 0. The second kappa shape index (κ2) is 7.57. The Bertz CT molecular complexity index is 105. The first-order valence-corrected chi connectivity index (χ1v) is 5.99. The third kappa shape index (κ3) is 11.2. The molecule has 0 amide bonds. The van der Waals surface area contributed by atoms with Gasteiger partial charge in [0.15, 0.2) is 0 Å². The van der Waals surface area contributed by atoms with Crippen molar-refractivity contribution >= 4 is 46.8 Å². The second-order valence-electron chi connectivity index (χ2n) is 2.50. The monoisotopic (exact) mass is 249 g/mol. The van der Waals surface area contributed by atoms with Crippen LogP contribution in [-0.2, 0) is 0 Å². The number of hydrogen-bond acceptors (Lipinski definition) is 2.